The molecule has 0 amide bonds. The second kappa shape index (κ2) is 7.47. The van der Waals surface area contributed by atoms with Crippen LogP contribution in [0.4, 0.5) is 0 Å². The van der Waals surface area contributed by atoms with E-state index in [4.69, 9.17) is 18.9 Å². The van der Waals surface area contributed by atoms with E-state index in [-0.39, 0.29) is 13.4 Å². The molecule has 0 N–H and O–H groups in total. The molecule has 4 heterocycles. The van der Waals surface area contributed by atoms with Crippen LogP contribution in [0.2, 0.25) is 0 Å². The van der Waals surface area contributed by atoms with Crippen molar-refractivity contribution in [2.45, 2.75) is 6.92 Å². The van der Waals surface area contributed by atoms with Gasteiger partial charge in [0.1, 0.15) is 40.3 Å². The Labute approximate surface area is 215 Å². The quantitative estimate of drug-likeness (QED) is 0.381. The summed E-state index contributed by atoms with van der Waals surface area (Å²) < 4.78 is 25.4. The van der Waals surface area contributed by atoms with Crippen molar-refractivity contribution in [3.63, 3.8) is 0 Å². The molecule has 6 heteroatoms. The second-order valence-corrected chi connectivity index (χ2v) is 9.73. The Balaban J connectivity index is 1.32. The zero-order valence-corrected chi connectivity index (χ0v) is 20.2. The predicted octanol–water partition coefficient (Wildman–Crippen LogP) is 4.39. The summed E-state index contributed by atoms with van der Waals surface area (Å²) in [6, 6.07) is 28.3. The van der Waals surface area contributed by atoms with Crippen LogP contribution in [0.5, 0.6) is 34.5 Å². The van der Waals surface area contributed by atoms with Gasteiger partial charge in [0.2, 0.25) is 0 Å². The Kier molecular flexibility index (Phi) is 4.16. The van der Waals surface area contributed by atoms with E-state index in [2.05, 4.69) is 30.9 Å². The summed E-state index contributed by atoms with van der Waals surface area (Å²) in [5.41, 5.74) is 6.20. The van der Waals surface area contributed by atoms with Gasteiger partial charge in [-0.2, -0.15) is 0 Å². The molecule has 0 aliphatic carbocycles. The predicted molar refractivity (Wildman–Crippen MR) is 147 cm³/mol. The summed E-state index contributed by atoms with van der Waals surface area (Å²) in [6.07, 6.45) is 2.11. The van der Waals surface area contributed by atoms with Gasteiger partial charge in [0.05, 0.1) is 5.76 Å². The lowest BCUT2D eigenvalue weighted by Crippen LogP contribution is -2.52. The normalized spacial score (nSPS) is 17.0. The number of ether oxygens (including phenoxy) is 4. The van der Waals surface area contributed by atoms with E-state index >= 15 is 0 Å². The zero-order chi connectivity index (χ0) is 24.7. The molecule has 4 aromatic rings. The van der Waals surface area contributed by atoms with E-state index < -0.39 is 0 Å². The molecule has 0 aromatic heterocycles. The van der Waals surface area contributed by atoms with Gasteiger partial charge in [0.15, 0.2) is 0 Å². The molecule has 0 bridgehead atoms. The topological polar surface area (TPSA) is 36.9 Å². The third-order valence-corrected chi connectivity index (χ3v) is 7.68. The van der Waals surface area contributed by atoms with E-state index in [1.165, 1.54) is 0 Å². The molecule has 0 fully saturated rings. The Hall–Kier alpha value is -4.57. The summed E-state index contributed by atoms with van der Waals surface area (Å²) in [4.78, 5) is 0. The maximum absolute atomic E-state index is 6.53. The lowest BCUT2D eigenvalue weighted by atomic mass is 9.33. The first kappa shape index (κ1) is 20.6. The number of benzene rings is 4. The largest absolute Gasteiger partial charge is 0.463 e. The van der Waals surface area contributed by atoms with Crippen molar-refractivity contribution in [3.8, 4) is 34.5 Å². The summed E-state index contributed by atoms with van der Waals surface area (Å²) in [7, 11) is 0. The highest BCUT2D eigenvalue weighted by Gasteiger charge is 2.43. The molecule has 0 saturated carbocycles. The highest BCUT2D eigenvalue weighted by atomic mass is 16.5. The smallest absolute Gasteiger partial charge is 0.260 e. The lowest BCUT2D eigenvalue weighted by Gasteiger charge is -2.35. The summed E-state index contributed by atoms with van der Waals surface area (Å²) in [5, 5.41) is 0. The fourth-order valence-electron chi connectivity index (χ4n) is 6.03. The molecular weight excluding hydrogens is 458 g/mol. The van der Waals surface area contributed by atoms with Crippen LogP contribution in [0, 0.1) is 0 Å². The monoisotopic (exact) mass is 478 g/mol. The Bertz CT molecular complexity index is 1740. The van der Waals surface area contributed by atoms with Crippen LogP contribution in [0.3, 0.4) is 0 Å². The van der Waals surface area contributed by atoms with Crippen LogP contribution in [-0.2, 0) is 0 Å². The van der Waals surface area contributed by atoms with Crippen molar-refractivity contribution in [2.24, 2.45) is 0 Å². The first-order valence-electron chi connectivity index (χ1n) is 12.4. The summed E-state index contributed by atoms with van der Waals surface area (Å²) in [5.74, 6) is 6.53. The molecule has 4 nitrogen and oxygen atoms in total. The molecule has 4 aliphatic heterocycles. The Morgan fingerprint density at radius 2 is 1.05 bits per heavy atom. The second-order valence-electron chi connectivity index (χ2n) is 9.73. The molecule has 0 spiro atoms. The van der Waals surface area contributed by atoms with Gasteiger partial charge in [-0.15, -0.1) is 6.58 Å². The number of rotatable bonds is 1. The number of hydrogen-bond donors (Lipinski definition) is 0. The van der Waals surface area contributed by atoms with Crippen LogP contribution >= 0.6 is 0 Å². The van der Waals surface area contributed by atoms with Gasteiger partial charge in [-0.3, -0.25) is 0 Å². The van der Waals surface area contributed by atoms with E-state index in [0.717, 1.165) is 78.8 Å². The highest BCUT2D eigenvalue weighted by molar-refractivity contribution is 6.95. The Morgan fingerprint density at radius 3 is 1.70 bits per heavy atom. The minimum atomic E-state index is -0.0496. The molecule has 0 unspecified atom stereocenters. The third kappa shape index (κ3) is 2.87. The minimum absolute atomic E-state index is 0.0384. The van der Waals surface area contributed by atoms with Gasteiger partial charge < -0.3 is 18.9 Å². The third-order valence-electron chi connectivity index (χ3n) is 7.68. The standard InChI is InChI=1S/C31H20B2O4/c1-18-29(37-27-15-8-14-26-30(27)32(18)20-9-3-5-11-23(20)35-26)17-22-19(2)34-25-13-7-16-28-31(25)33(22)21-10-4-6-12-24(21)36-28/h3-17H,1H2,2H3/b29-17+. The van der Waals surface area contributed by atoms with Crippen LogP contribution < -0.4 is 40.8 Å². The molecule has 4 aliphatic rings. The first-order valence-corrected chi connectivity index (χ1v) is 12.4. The molecule has 4 aromatic carbocycles. The van der Waals surface area contributed by atoms with Crippen molar-refractivity contribution in [1.29, 1.82) is 0 Å². The van der Waals surface area contributed by atoms with Gasteiger partial charge in [0.25, 0.3) is 13.4 Å². The van der Waals surface area contributed by atoms with Crippen LogP contribution in [-0.4, -0.2) is 13.4 Å². The molecule has 8 rings (SSSR count). The first-order chi connectivity index (χ1) is 18.2. The number of para-hydroxylation sites is 2. The van der Waals surface area contributed by atoms with Gasteiger partial charge >= 0.3 is 0 Å². The molecular formula is C31H20B2O4. The van der Waals surface area contributed by atoms with Gasteiger partial charge in [0, 0.05) is 10.9 Å². The van der Waals surface area contributed by atoms with Gasteiger partial charge in [-0.25, -0.2) is 0 Å². The van der Waals surface area contributed by atoms with Crippen molar-refractivity contribution in [2.75, 3.05) is 0 Å². The number of hydrogen-bond acceptors (Lipinski definition) is 4. The zero-order valence-electron chi connectivity index (χ0n) is 20.2. The van der Waals surface area contributed by atoms with Crippen molar-refractivity contribution in [1.82, 2.24) is 0 Å². The van der Waals surface area contributed by atoms with Crippen LogP contribution in [0.25, 0.3) is 0 Å². The summed E-state index contributed by atoms with van der Waals surface area (Å²) in [6.45, 7) is 6.47. The fourth-order valence-corrected chi connectivity index (χ4v) is 6.03. The molecule has 37 heavy (non-hydrogen) atoms. The van der Waals surface area contributed by atoms with Crippen LogP contribution in [0.1, 0.15) is 6.92 Å². The average Bonchev–Trinajstić information content (AvgIpc) is 2.92. The van der Waals surface area contributed by atoms with Crippen molar-refractivity contribution < 1.29 is 18.9 Å². The molecule has 0 atom stereocenters. The number of allylic oxidation sites excluding steroid dienone is 4. The van der Waals surface area contributed by atoms with Crippen molar-refractivity contribution >= 4 is 35.3 Å². The summed E-state index contributed by atoms with van der Waals surface area (Å²) >= 11 is 0. The molecule has 174 valence electrons. The Morgan fingerprint density at radius 1 is 0.568 bits per heavy atom. The van der Waals surface area contributed by atoms with E-state index in [1.54, 1.807) is 0 Å². The molecule has 0 saturated heterocycles. The van der Waals surface area contributed by atoms with Gasteiger partial charge in [-0.05, 0) is 71.3 Å². The maximum Gasteiger partial charge on any atom is 0.260 e. The lowest BCUT2D eigenvalue weighted by molar-refractivity contribution is 0.415. The van der Waals surface area contributed by atoms with Gasteiger partial charge in [-0.1, -0.05) is 48.5 Å². The highest BCUT2D eigenvalue weighted by Crippen LogP contribution is 2.39. The van der Waals surface area contributed by atoms with Crippen molar-refractivity contribution in [3.05, 3.63) is 120 Å². The van der Waals surface area contributed by atoms with E-state index in [9.17, 15) is 0 Å². The fraction of sp³-hybridized carbons (Fsp3) is 0.0323. The number of fused-ring (bicyclic) bond motifs is 4. The minimum Gasteiger partial charge on any atom is -0.463 e. The van der Waals surface area contributed by atoms with E-state index in [1.807, 2.05) is 73.7 Å². The SMILES string of the molecule is C=C1B2c3ccccc3Oc3cccc(c32)O/C1=C/C1=C(C)Oc2cccc3c2B1c1ccccc1O3. The average molecular weight is 478 g/mol. The maximum atomic E-state index is 6.53. The van der Waals surface area contributed by atoms with Crippen LogP contribution in [0.15, 0.2) is 120 Å². The molecule has 0 radical (unpaired) electrons. The van der Waals surface area contributed by atoms with E-state index in [0.29, 0.717) is 0 Å².